The van der Waals surface area contributed by atoms with Gasteiger partial charge in [0.1, 0.15) is 11.6 Å². The number of aromatic nitrogens is 2. The molecule has 0 unspecified atom stereocenters. The van der Waals surface area contributed by atoms with Gasteiger partial charge in [-0.2, -0.15) is 9.97 Å². The second kappa shape index (κ2) is 9.35. The summed E-state index contributed by atoms with van der Waals surface area (Å²) in [7, 11) is 0. The van der Waals surface area contributed by atoms with Gasteiger partial charge in [-0.1, -0.05) is 19.8 Å². The van der Waals surface area contributed by atoms with Crippen LogP contribution in [0.25, 0.3) is 0 Å². The molecular weight excluding hydrogens is 344 g/mol. The fourth-order valence-corrected chi connectivity index (χ4v) is 4.04. The van der Waals surface area contributed by atoms with E-state index in [0.717, 1.165) is 44.4 Å². The quantitative estimate of drug-likeness (QED) is 0.781. The van der Waals surface area contributed by atoms with E-state index < -0.39 is 0 Å². The molecule has 2 aliphatic heterocycles. The molecule has 26 heavy (non-hydrogen) atoms. The summed E-state index contributed by atoms with van der Waals surface area (Å²) >= 11 is 5.35. The third-order valence-corrected chi connectivity index (χ3v) is 5.42. The number of piperidine rings is 1. The Labute approximate surface area is 162 Å². The lowest BCUT2D eigenvalue weighted by molar-refractivity contribution is 0.444. The Morgan fingerprint density at radius 3 is 2.38 bits per heavy atom. The number of nitrogens with one attached hydrogen (secondary N) is 2. The molecule has 1 atom stereocenters. The summed E-state index contributed by atoms with van der Waals surface area (Å²) in [5.41, 5.74) is 0. The van der Waals surface area contributed by atoms with Gasteiger partial charge < -0.3 is 20.4 Å². The molecule has 1 aromatic heterocycles. The van der Waals surface area contributed by atoms with Gasteiger partial charge in [-0.3, -0.25) is 0 Å². The van der Waals surface area contributed by atoms with Gasteiger partial charge in [0.2, 0.25) is 5.95 Å². The summed E-state index contributed by atoms with van der Waals surface area (Å²) in [5.74, 6) is 3.36. The van der Waals surface area contributed by atoms with Crippen LogP contribution in [0.3, 0.4) is 0 Å². The molecule has 0 aromatic carbocycles. The molecule has 0 spiro atoms. The molecule has 3 heterocycles. The highest BCUT2D eigenvalue weighted by Crippen LogP contribution is 2.27. The molecule has 0 radical (unpaired) electrons. The van der Waals surface area contributed by atoms with Crippen LogP contribution in [0.4, 0.5) is 17.6 Å². The highest BCUT2D eigenvalue weighted by Gasteiger charge is 2.21. The van der Waals surface area contributed by atoms with E-state index in [9.17, 15) is 0 Å². The van der Waals surface area contributed by atoms with Crippen molar-refractivity contribution in [2.75, 3.05) is 47.8 Å². The van der Waals surface area contributed by atoms with Crippen LogP contribution in [-0.4, -0.2) is 47.8 Å². The summed E-state index contributed by atoms with van der Waals surface area (Å²) in [6, 6.07) is 2.17. The van der Waals surface area contributed by atoms with E-state index in [4.69, 9.17) is 22.2 Å². The van der Waals surface area contributed by atoms with Crippen LogP contribution in [0, 0.1) is 5.92 Å². The molecule has 2 N–H and O–H groups in total. The lowest BCUT2D eigenvalue weighted by atomic mass is 10.0. The van der Waals surface area contributed by atoms with Crippen LogP contribution in [0.1, 0.15) is 52.4 Å². The zero-order valence-corrected chi connectivity index (χ0v) is 16.9. The van der Waals surface area contributed by atoms with Crippen molar-refractivity contribution in [3.63, 3.8) is 0 Å². The van der Waals surface area contributed by atoms with Crippen LogP contribution < -0.4 is 20.4 Å². The fourth-order valence-electron chi connectivity index (χ4n) is 3.81. The Bertz CT molecular complexity index is 579. The molecule has 6 nitrogen and oxygen atoms in total. The number of thiocarbonyl (C=S) groups is 1. The summed E-state index contributed by atoms with van der Waals surface area (Å²) < 4.78 is 0. The van der Waals surface area contributed by atoms with Crippen LogP contribution in [-0.2, 0) is 0 Å². The van der Waals surface area contributed by atoms with Gasteiger partial charge >= 0.3 is 0 Å². The van der Waals surface area contributed by atoms with Gasteiger partial charge in [0.15, 0.2) is 5.11 Å². The van der Waals surface area contributed by atoms with Crippen molar-refractivity contribution >= 4 is 34.9 Å². The smallest absolute Gasteiger partial charge is 0.232 e. The highest BCUT2D eigenvalue weighted by atomic mass is 32.1. The Hall–Kier alpha value is -1.63. The van der Waals surface area contributed by atoms with Gasteiger partial charge in [-0.15, -0.1) is 0 Å². The average Bonchev–Trinajstić information content (AvgIpc) is 2.91. The molecule has 1 aromatic rings. The Morgan fingerprint density at radius 1 is 1.08 bits per heavy atom. The molecule has 0 amide bonds. The summed E-state index contributed by atoms with van der Waals surface area (Å²) in [6.07, 6.45) is 7.62. The first-order chi connectivity index (χ1) is 12.7. The minimum atomic E-state index is 0.582. The van der Waals surface area contributed by atoms with Crippen molar-refractivity contribution in [2.45, 2.75) is 52.4 Å². The maximum atomic E-state index is 5.35. The SMILES string of the molecule is CCNC(=S)Nc1nc(N2CCCCCC2)cc(N2CCC[C@H](C)C2)n1. The average molecular weight is 377 g/mol. The van der Waals surface area contributed by atoms with E-state index in [0.29, 0.717) is 17.0 Å². The van der Waals surface area contributed by atoms with Crippen molar-refractivity contribution < 1.29 is 0 Å². The van der Waals surface area contributed by atoms with Crippen molar-refractivity contribution in [3.8, 4) is 0 Å². The largest absolute Gasteiger partial charge is 0.363 e. The Kier molecular flexibility index (Phi) is 6.88. The first-order valence-electron chi connectivity index (χ1n) is 10.1. The standard InChI is InChI=1S/C19H32N6S/c1-3-20-19(26)23-18-21-16(24-10-6-4-5-7-11-24)13-17(22-18)25-12-8-9-15(2)14-25/h13,15H,3-12,14H2,1-2H3,(H2,20,21,22,23,26)/t15-/m0/s1. The Balaban J connectivity index is 1.86. The van der Waals surface area contributed by atoms with Gasteiger partial charge in [0.05, 0.1) is 0 Å². The maximum absolute atomic E-state index is 5.35. The minimum absolute atomic E-state index is 0.582. The second-order valence-corrected chi connectivity index (χ2v) is 7.90. The first kappa shape index (κ1) is 19.1. The van der Waals surface area contributed by atoms with Crippen LogP contribution in [0.5, 0.6) is 0 Å². The molecular formula is C19H32N6S. The van der Waals surface area contributed by atoms with E-state index in [1.54, 1.807) is 0 Å². The normalized spacial score (nSPS) is 21.2. The van der Waals surface area contributed by atoms with Crippen LogP contribution in [0.15, 0.2) is 6.07 Å². The molecule has 7 heteroatoms. The number of anilines is 3. The Morgan fingerprint density at radius 2 is 1.73 bits per heavy atom. The summed E-state index contributed by atoms with van der Waals surface area (Å²) in [5, 5.41) is 6.88. The number of nitrogens with zero attached hydrogens (tertiary/aromatic N) is 4. The van der Waals surface area contributed by atoms with Crippen molar-refractivity contribution in [1.29, 1.82) is 0 Å². The van der Waals surface area contributed by atoms with E-state index in [1.165, 1.54) is 38.5 Å². The molecule has 144 valence electrons. The lowest BCUT2D eigenvalue weighted by Crippen LogP contribution is -2.36. The number of rotatable bonds is 4. The molecule has 2 saturated heterocycles. The van der Waals surface area contributed by atoms with Crippen molar-refractivity contribution in [2.24, 2.45) is 5.92 Å². The lowest BCUT2D eigenvalue weighted by Gasteiger charge is -2.33. The molecule has 0 aliphatic carbocycles. The summed E-state index contributed by atoms with van der Waals surface area (Å²) in [6.45, 7) is 9.42. The predicted molar refractivity (Wildman–Crippen MR) is 113 cm³/mol. The van der Waals surface area contributed by atoms with E-state index in [-0.39, 0.29) is 0 Å². The van der Waals surface area contributed by atoms with Gasteiger partial charge in [0.25, 0.3) is 0 Å². The van der Waals surface area contributed by atoms with E-state index >= 15 is 0 Å². The minimum Gasteiger partial charge on any atom is -0.363 e. The third-order valence-electron chi connectivity index (χ3n) is 5.17. The second-order valence-electron chi connectivity index (χ2n) is 7.49. The molecule has 0 bridgehead atoms. The summed E-state index contributed by atoms with van der Waals surface area (Å²) in [4.78, 5) is 14.4. The monoisotopic (exact) mass is 376 g/mol. The zero-order valence-electron chi connectivity index (χ0n) is 16.1. The van der Waals surface area contributed by atoms with Gasteiger partial charge in [-0.25, -0.2) is 0 Å². The van der Waals surface area contributed by atoms with Gasteiger partial charge in [0, 0.05) is 38.8 Å². The maximum Gasteiger partial charge on any atom is 0.232 e. The highest BCUT2D eigenvalue weighted by molar-refractivity contribution is 7.80. The zero-order chi connectivity index (χ0) is 18.4. The molecule has 0 saturated carbocycles. The predicted octanol–water partition coefficient (Wildman–Crippen LogP) is 3.40. The topological polar surface area (TPSA) is 56.3 Å². The third kappa shape index (κ3) is 5.19. The molecule has 2 aliphatic rings. The van der Waals surface area contributed by atoms with Crippen LogP contribution in [0.2, 0.25) is 0 Å². The van der Waals surface area contributed by atoms with Crippen LogP contribution >= 0.6 is 12.2 Å². The first-order valence-corrected chi connectivity index (χ1v) is 10.5. The molecule has 2 fully saturated rings. The van der Waals surface area contributed by atoms with Crippen molar-refractivity contribution in [1.82, 2.24) is 15.3 Å². The number of hydrogen-bond acceptors (Lipinski definition) is 5. The fraction of sp³-hybridized carbons (Fsp3) is 0.737. The number of hydrogen-bond donors (Lipinski definition) is 2. The van der Waals surface area contributed by atoms with E-state index in [1.807, 2.05) is 6.92 Å². The van der Waals surface area contributed by atoms with Crippen molar-refractivity contribution in [3.05, 3.63) is 6.07 Å². The molecule has 3 rings (SSSR count). The van der Waals surface area contributed by atoms with E-state index in [2.05, 4.69) is 33.4 Å². The van der Waals surface area contributed by atoms with Gasteiger partial charge in [-0.05, 0) is 50.7 Å².